The van der Waals surface area contributed by atoms with Gasteiger partial charge < -0.3 is 28.7 Å². The highest BCUT2D eigenvalue weighted by atomic mass is 35.5. The summed E-state index contributed by atoms with van der Waals surface area (Å²) >= 11 is 6.15. The Labute approximate surface area is 227 Å². The summed E-state index contributed by atoms with van der Waals surface area (Å²) in [6.45, 7) is 5.19. The van der Waals surface area contributed by atoms with Crippen LogP contribution in [0.25, 0.3) is 0 Å². The molecule has 38 heavy (non-hydrogen) atoms. The van der Waals surface area contributed by atoms with Gasteiger partial charge in [-0.3, -0.25) is 9.59 Å². The second-order valence-corrected chi connectivity index (χ2v) is 10.0. The maximum atomic E-state index is 13.8. The number of hydrogen-bond donors (Lipinski definition) is 0. The molecule has 0 aliphatic carbocycles. The zero-order chi connectivity index (χ0) is 27.0. The molecule has 2 aliphatic heterocycles. The lowest BCUT2D eigenvalue weighted by Gasteiger charge is -2.43. The van der Waals surface area contributed by atoms with Crippen LogP contribution in [0.15, 0.2) is 42.5 Å². The number of aryl methyl sites for hydroxylation is 1. The zero-order valence-electron chi connectivity index (χ0n) is 21.6. The van der Waals surface area contributed by atoms with Gasteiger partial charge in [0.15, 0.2) is 11.6 Å². The van der Waals surface area contributed by atoms with E-state index in [9.17, 15) is 14.0 Å². The van der Waals surface area contributed by atoms with Crippen LogP contribution < -0.4 is 9.47 Å². The Balaban J connectivity index is 1.39. The number of morpholine rings is 2. The molecule has 2 aromatic rings. The SMILES string of the molecule is Cc1cc(OC[C@]2(CC(=O)N3CCOCC3)CN(C(=O)CCCOc3ccccc3F)CCO2)ccc1Cl. The fourth-order valence-corrected chi connectivity index (χ4v) is 4.67. The summed E-state index contributed by atoms with van der Waals surface area (Å²) in [5.41, 5.74) is -0.123. The average Bonchev–Trinajstić information content (AvgIpc) is 2.93. The third kappa shape index (κ3) is 7.58. The standard InChI is InChI=1S/C28H34ClFN2O6/c1-21-17-22(8-9-23(21)29)37-20-28(18-27(34)31-10-14-35-15-11-31)19-32(12-16-38-28)26(33)7-4-13-36-25-6-3-2-5-24(25)30/h2-3,5-6,8-9,17H,4,7,10-16,18-20H2,1H3/t28-/m0/s1. The highest BCUT2D eigenvalue weighted by Crippen LogP contribution is 2.28. The van der Waals surface area contributed by atoms with Gasteiger partial charge in [-0.15, -0.1) is 0 Å². The molecule has 8 nitrogen and oxygen atoms in total. The summed E-state index contributed by atoms with van der Waals surface area (Å²) in [6, 6.07) is 11.6. The number of ether oxygens (including phenoxy) is 4. The minimum absolute atomic E-state index is 0.0585. The van der Waals surface area contributed by atoms with Crippen LogP contribution in [0.4, 0.5) is 4.39 Å². The van der Waals surface area contributed by atoms with E-state index in [1.165, 1.54) is 6.07 Å². The molecule has 10 heteroatoms. The maximum Gasteiger partial charge on any atom is 0.225 e. The summed E-state index contributed by atoms with van der Waals surface area (Å²) in [5, 5.41) is 0.638. The van der Waals surface area contributed by atoms with Gasteiger partial charge in [0.05, 0.1) is 39.4 Å². The second kappa shape index (κ2) is 13.3. The van der Waals surface area contributed by atoms with Crippen LogP contribution in [-0.4, -0.2) is 86.4 Å². The first-order valence-electron chi connectivity index (χ1n) is 12.9. The Bertz CT molecular complexity index is 1110. The molecule has 0 N–H and O–H groups in total. The molecule has 2 saturated heterocycles. The van der Waals surface area contributed by atoms with Crippen molar-refractivity contribution < 1.29 is 32.9 Å². The molecular weight excluding hydrogens is 515 g/mol. The predicted molar refractivity (Wildman–Crippen MR) is 140 cm³/mol. The number of carbonyl (C=O) groups is 2. The third-order valence-electron chi connectivity index (χ3n) is 6.70. The van der Waals surface area contributed by atoms with E-state index in [1.807, 2.05) is 13.0 Å². The fourth-order valence-electron chi connectivity index (χ4n) is 4.55. The molecule has 4 rings (SSSR count). The molecule has 1 atom stereocenters. The van der Waals surface area contributed by atoms with Gasteiger partial charge in [-0.05, 0) is 49.2 Å². The van der Waals surface area contributed by atoms with Crippen molar-refractivity contribution in [2.75, 3.05) is 59.2 Å². The number of para-hydroxylation sites is 1. The highest BCUT2D eigenvalue weighted by Gasteiger charge is 2.42. The molecule has 206 valence electrons. The average molecular weight is 549 g/mol. The largest absolute Gasteiger partial charge is 0.491 e. The molecule has 2 aliphatic rings. The Morgan fingerprint density at radius 2 is 1.79 bits per heavy atom. The van der Waals surface area contributed by atoms with E-state index in [4.69, 9.17) is 30.5 Å². The minimum Gasteiger partial charge on any atom is -0.491 e. The Morgan fingerprint density at radius 3 is 2.55 bits per heavy atom. The molecule has 0 saturated carbocycles. The first kappa shape index (κ1) is 28.1. The van der Waals surface area contributed by atoms with Gasteiger partial charge >= 0.3 is 0 Å². The van der Waals surface area contributed by atoms with E-state index in [1.54, 1.807) is 40.1 Å². The van der Waals surface area contributed by atoms with Gasteiger partial charge in [0.1, 0.15) is 18.0 Å². The molecule has 0 bridgehead atoms. The number of benzene rings is 2. The molecule has 0 spiro atoms. The monoisotopic (exact) mass is 548 g/mol. The van der Waals surface area contributed by atoms with Crippen LogP contribution in [-0.2, 0) is 19.1 Å². The molecule has 2 fully saturated rings. The quantitative estimate of drug-likeness (QED) is 0.420. The van der Waals surface area contributed by atoms with Crippen molar-refractivity contribution in [2.45, 2.75) is 31.8 Å². The lowest BCUT2D eigenvalue weighted by Crippen LogP contribution is -2.58. The third-order valence-corrected chi connectivity index (χ3v) is 7.12. The van der Waals surface area contributed by atoms with Crippen molar-refractivity contribution in [3.8, 4) is 11.5 Å². The van der Waals surface area contributed by atoms with Crippen LogP contribution in [0.2, 0.25) is 5.02 Å². The first-order valence-corrected chi connectivity index (χ1v) is 13.3. The maximum absolute atomic E-state index is 13.8. The summed E-state index contributed by atoms with van der Waals surface area (Å²) in [6.07, 6.45) is 0.754. The predicted octanol–water partition coefficient (Wildman–Crippen LogP) is 3.87. The molecule has 2 amide bonds. The van der Waals surface area contributed by atoms with Crippen LogP contribution in [0.5, 0.6) is 11.5 Å². The summed E-state index contributed by atoms with van der Waals surface area (Å²) in [5.74, 6) is 0.217. The smallest absolute Gasteiger partial charge is 0.225 e. The van der Waals surface area contributed by atoms with Crippen LogP contribution >= 0.6 is 11.6 Å². The van der Waals surface area contributed by atoms with Gasteiger partial charge in [0.2, 0.25) is 11.8 Å². The summed E-state index contributed by atoms with van der Waals surface area (Å²) in [7, 11) is 0. The van der Waals surface area contributed by atoms with Crippen molar-refractivity contribution in [2.24, 2.45) is 0 Å². The molecule has 2 aromatic carbocycles. The van der Waals surface area contributed by atoms with Crippen molar-refractivity contribution >= 4 is 23.4 Å². The lowest BCUT2D eigenvalue weighted by molar-refractivity contribution is -0.167. The summed E-state index contributed by atoms with van der Waals surface area (Å²) < 4.78 is 36.9. The number of nitrogens with zero attached hydrogens (tertiary/aromatic N) is 2. The van der Waals surface area contributed by atoms with E-state index < -0.39 is 11.4 Å². The van der Waals surface area contributed by atoms with Gasteiger partial charge in [-0.2, -0.15) is 0 Å². The molecule has 0 radical (unpaired) electrons. The molecule has 0 unspecified atom stereocenters. The Kier molecular flexibility index (Phi) is 9.82. The topological polar surface area (TPSA) is 77.5 Å². The number of hydrogen-bond acceptors (Lipinski definition) is 6. The highest BCUT2D eigenvalue weighted by molar-refractivity contribution is 6.31. The molecule has 2 heterocycles. The van der Waals surface area contributed by atoms with E-state index in [0.717, 1.165) is 5.56 Å². The van der Waals surface area contributed by atoms with Gasteiger partial charge in [-0.1, -0.05) is 23.7 Å². The Hall–Kier alpha value is -2.88. The van der Waals surface area contributed by atoms with E-state index in [2.05, 4.69) is 0 Å². The molecule has 0 aromatic heterocycles. The van der Waals surface area contributed by atoms with Gasteiger partial charge in [-0.25, -0.2) is 4.39 Å². The van der Waals surface area contributed by atoms with Crippen molar-refractivity contribution in [1.82, 2.24) is 9.80 Å². The van der Waals surface area contributed by atoms with Gasteiger partial charge in [0, 0.05) is 31.1 Å². The van der Waals surface area contributed by atoms with Crippen molar-refractivity contribution in [3.63, 3.8) is 0 Å². The fraction of sp³-hybridized carbons (Fsp3) is 0.500. The normalized spacial score (nSPS) is 19.8. The van der Waals surface area contributed by atoms with Crippen LogP contribution in [0, 0.1) is 12.7 Å². The van der Waals surface area contributed by atoms with Crippen molar-refractivity contribution in [3.05, 3.63) is 58.9 Å². The first-order chi connectivity index (χ1) is 18.3. The second-order valence-electron chi connectivity index (χ2n) is 9.60. The Morgan fingerprint density at radius 1 is 1.03 bits per heavy atom. The number of carbonyl (C=O) groups excluding carboxylic acids is 2. The number of rotatable bonds is 10. The van der Waals surface area contributed by atoms with E-state index >= 15 is 0 Å². The summed E-state index contributed by atoms with van der Waals surface area (Å²) in [4.78, 5) is 29.8. The van der Waals surface area contributed by atoms with E-state index in [-0.39, 0.29) is 56.8 Å². The van der Waals surface area contributed by atoms with Crippen molar-refractivity contribution in [1.29, 1.82) is 0 Å². The zero-order valence-corrected chi connectivity index (χ0v) is 22.4. The van der Waals surface area contributed by atoms with Crippen LogP contribution in [0.3, 0.4) is 0 Å². The number of amides is 2. The minimum atomic E-state index is -0.999. The van der Waals surface area contributed by atoms with Crippen LogP contribution in [0.1, 0.15) is 24.8 Å². The number of halogens is 2. The molecular formula is C28H34ClFN2O6. The lowest BCUT2D eigenvalue weighted by atomic mass is 9.96. The van der Waals surface area contributed by atoms with E-state index in [0.29, 0.717) is 50.0 Å². The van der Waals surface area contributed by atoms with Gasteiger partial charge in [0.25, 0.3) is 0 Å².